The van der Waals surface area contributed by atoms with Gasteiger partial charge in [-0.1, -0.05) is 18.2 Å². The summed E-state index contributed by atoms with van der Waals surface area (Å²) >= 11 is 0. The van der Waals surface area contributed by atoms with Crippen molar-refractivity contribution in [3.63, 3.8) is 0 Å². The van der Waals surface area contributed by atoms with Crippen LogP contribution in [0, 0.1) is 0 Å². The lowest BCUT2D eigenvalue weighted by Gasteiger charge is -2.17. The van der Waals surface area contributed by atoms with E-state index in [1.807, 2.05) is 6.92 Å². The van der Waals surface area contributed by atoms with Crippen molar-refractivity contribution in [2.24, 2.45) is 0 Å². The van der Waals surface area contributed by atoms with Gasteiger partial charge < -0.3 is 20.3 Å². The largest absolute Gasteiger partial charge is 0.497 e. The van der Waals surface area contributed by atoms with Crippen LogP contribution in [0.15, 0.2) is 48.5 Å². The fraction of sp³-hybridized carbons (Fsp3) is 0.286. The molecule has 7 heteroatoms. The van der Waals surface area contributed by atoms with Crippen LogP contribution in [-0.4, -0.2) is 44.3 Å². The Morgan fingerprint density at radius 3 is 2.29 bits per heavy atom. The molecule has 0 saturated carbocycles. The molecule has 2 amide bonds. The summed E-state index contributed by atoms with van der Waals surface area (Å²) in [6, 6.07) is 14.0. The fourth-order valence-corrected chi connectivity index (χ4v) is 2.77. The zero-order valence-electron chi connectivity index (χ0n) is 16.4. The number of hydrogen-bond acceptors (Lipinski definition) is 4. The van der Waals surface area contributed by atoms with Gasteiger partial charge in [0.15, 0.2) is 18.9 Å². The molecule has 1 unspecified atom stereocenters. The Balaban J connectivity index is 1.93. The number of likely N-dealkylation sites (N-methyl/N-ethyl adjacent to an activating group) is 1. The van der Waals surface area contributed by atoms with Gasteiger partial charge in [-0.3, -0.25) is 14.4 Å². The Bertz CT molecular complexity index is 851. The fourth-order valence-electron chi connectivity index (χ4n) is 2.77. The molecule has 148 valence electrons. The minimum absolute atomic E-state index is 0.117. The number of benzene rings is 2. The predicted octanol–water partition coefficient (Wildman–Crippen LogP) is 1.38. The Labute approximate surface area is 164 Å². The van der Waals surface area contributed by atoms with Crippen LogP contribution in [0.1, 0.15) is 24.2 Å². The second-order valence-corrected chi connectivity index (χ2v) is 6.39. The molecule has 0 bridgehead atoms. The lowest BCUT2D eigenvalue weighted by molar-refractivity contribution is -0.881. The zero-order chi connectivity index (χ0) is 20.5. The summed E-state index contributed by atoms with van der Waals surface area (Å²) in [6.07, 6.45) is 0. The van der Waals surface area contributed by atoms with Gasteiger partial charge in [-0.15, -0.1) is 0 Å². The van der Waals surface area contributed by atoms with E-state index < -0.39 is 0 Å². The zero-order valence-corrected chi connectivity index (χ0v) is 16.4. The number of ketones is 1. The van der Waals surface area contributed by atoms with Gasteiger partial charge in [-0.2, -0.15) is 0 Å². The molecule has 3 N–H and O–H groups in total. The molecule has 0 fully saturated rings. The first-order chi connectivity index (χ1) is 13.4. The molecule has 1 atom stereocenters. The van der Waals surface area contributed by atoms with Crippen LogP contribution < -0.4 is 20.3 Å². The van der Waals surface area contributed by atoms with Gasteiger partial charge in [0.2, 0.25) is 0 Å². The third-order valence-electron chi connectivity index (χ3n) is 4.26. The Morgan fingerprint density at radius 2 is 1.64 bits per heavy atom. The molecule has 28 heavy (non-hydrogen) atoms. The van der Waals surface area contributed by atoms with E-state index in [4.69, 9.17) is 4.74 Å². The second-order valence-electron chi connectivity index (χ2n) is 6.39. The van der Waals surface area contributed by atoms with Crippen molar-refractivity contribution in [3.05, 3.63) is 54.1 Å². The van der Waals surface area contributed by atoms with Crippen molar-refractivity contribution in [2.75, 3.05) is 37.4 Å². The first kappa shape index (κ1) is 21.1. The van der Waals surface area contributed by atoms with Crippen LogP contribution >= 0.6 is 0 Å². The number of nitrogens with one attached hydrogen (secondary N) is 3. The Kier molecular flexibility index (Phi) is 7.71. The highest BCUT2D eigenvalue weighted by Crippen LogP contribution is 2.16. The number of hydrogen-bond donors (Lipinski definition) is 3. The van der Waals surface area contributed by atoms with Gasteiger partial charge in [0.25, 0.3) is 11.8 Å². The molecule has 0 aliphatic carbocycles. The van der Waals surface area contributed by atoms with E-state index in [9.17, 15) is 14.4 Å². The molecular formula is C21H26N3O4+. The quantitative estimate of drug-likeness (QED) is 0.570. The molecule has 2 aromatic rings. The predicted molar refractivity (Wildman–Crippen MR) is 108 cm³/mol. The van der Waals surface area contributed by atoms with Crippen LogP contribution in [0.4, 0.5) is 11.4 Å². The summed E-state index contributed by atoms with van der Waals surface area (Å²) in [5.74, 6) is 0.0936. The van der Waals surface area contributed by atoms with Crippen LogP contribution in [0.2, 0.25) is 0 Å². The molecule has 0 aromatic heterocycles. The van der Waals surface area contributed by atoms with Crippen molar-refractivity contribution in [2.45, 2.75) is 13.8 Å². The number of quaternary nitrogens is 1. The van der Waals surface area contributed by atoms with Gasteiger partial charge in [0, 0.05) is 17.3 Å². The molecule has 0 saturated heterocycles. The average Bonchev–Trinajstić information content (AvgIpc) is 2.67. The van der Waals surface area contributed by atoms with Crippen LogP contribution in [0.5, 0.6) is 5.75 Å². The minimum atomic E-state index is -0.250. The topological polar surface area (TPSA) is 88.9 Å². The lowest BCUT2D eigenvalue weighted by atomic mass is 10.1. The monoisotopic (exact) mass is 384 g/mol. The SMILES string of the molecule is CC[NH+](CC(=O)Nc1cccc(OC)c1)CC(=O)Nc1ccccc1C(C)=O. The van der Waals surface area contributed by atoms with Crippen molar-refractivity contribution >= 4 is 29.0 Å². The average molecular weight is 384 g/mol. The standard InChI is InChI=1S/C21H25N3O4/c1-4-24(13-20(26)22-16-8-7-9-17(12-16)28-3)14-21(27)23-19-11-6-5-10-18(19)15(2)25/h5-12H,4,13-14H2,1-3H3,(H,22,26)(H,23,27)/p+1. The van der Waals surface area contributed by atoms with Crippen molar-refractivity contribution in [3.8, 4) is 5.75 Å². The van der Waals surface area contributed by atoms with Crippen LogP contribution in [0.3, 0.4) is 0 Å². The first-order valence-corrected chi connectivity index (χ1v) is 9.10. The van der Waals surface area contributed by atoms with E-state index in [2.05, 4.69) is 10.6 Å². The maximum absolute atomic E-state index is 12.4. The number of carbonyl (C=O) groups is 3. The molecule has 2 aromatic carbocycles. The van der Waals surface area contributed by atoms with Gasteiger partial charge >= 0.3 is 0 Å². The number of Topliss-reactive ketones (excluding diaryl/α,β-unsaturated/α-hetero) is 1. The van der Waals surface area contributed by atoms with E-state index in [-0.39, 0.29) is 30.7 Å². The smallest absolute Gasteiger partial charge is 0.279 e. The van der Waals surface area contributed by atoms with Crippen molar-refractivity contribution in [1.29, 1.82) is 0 Å². The van der Waals surface area contributed by atoms with E-state index >= 15 is 0 Å². The van der Waals surface area contributed by atoms with E-state index in [1.165, 1.54) is 6.92 Å². The second kappa shape index (κ2) is 10.2. The molecule has 0 aliphatic heterocycles. The van der Waals surface area contributed by atoms with Crippen LogP contribution in [0.25, 0.3) is 0 Å². The van der Waals surface area contributed by atoms with Gasteiger partial charge in [-0.25, -0.2) is 0 Å². The van der Waals surface area contributed by atoms with E-state index in [0.29, 0.717) is 29.2 Å². The summed E-state index contributed by atoms with van der Waals surface area (Å²) in [6.45, 7) is 4.24. The highest BCUT2D eigenvalue weighted by Gasteiger charge is 2.18. The minimum Gasteiger partial charge on any atom is -0.497 e. The third-order valence-corrected chi connectivity index (χ3v) is 4.26. The number of rotatable bonds is 9. The number of methoxy groups -OCH3 is 1. The van der Waals surface area contributed by atoms with E-state index in [1.54, 1.807) is 55.6 Å². The lowest BCUT2D eigenvalue weighted by Crippen LogP contribution is -3.13. The summed E-state index contributed by atoms with van der Waals surface area (Å²) in [5.41, 5.74) is 1.58. The molecule has 0 spiro atoms. The summed E-state index contributed by atoms with van der Waals surface area (Å²) < 4.78 is 5.14. The molecule has 7 nitrogen and oxygen atoms in total. The Morgan fingerprint density at radius 1 is 0.964 bits per heavy atom. The summed E-state index contributed by atoms with van der Waals surface area (Å²) in [5, 5.41) is 5.58. The third kappa shape index (κ3) is 6.21. The van der Waals surface area contributed by atoms with Gasteiger partial charge in [0.1, 0.15) is 5.75 Å². The molecule has 0 heterocycles. The summed E-state index contributed by atoms with van der Waals surface area (Å²) in [4.78, 5) is 37.2. The number of amides is 2. The van der Waals surface area contributed by atoms with Crippen LogP contribution in [-0.2, 0) is 9.59 Å². The molecule has 0 radical (unpaired) electrons. The van der Waals surface area contributed by atoms with Gasteiger partial charge in [0.05, 0.1) is 19.3 Å². The molecular weight excluding hydrogens is 358 g/mol. The number of ether oxygens (including phenoxy) is 1. The number of para-hydroxylation sites is 1. The molecule has 0 aliphatic rings. The van der Waals surface area contributed by atoms with Crippen molar-refractivity contribution < 1.29 is 24.0 Å². The number of anilines is 2. The summed E-state index contributed by atoms with van der Waals surface area (Å²) in [7, 11) is 1.56. The Hall–Kier alpha value is -3.19. The number of carbonyl (C=O) groups excluding carboxylic acids is 3. The maximum atomic E-state index is 12.4. The van der Waals surface area contributed by atoms with Gasteiger partial charge in [-0.05, 0) is 38.1 Å². The highest BCUT2D eigenvalue weighted by molar-refractivity contribution is 6.03. The first-order valence-electron chi connectivity index (χ1n) is 9.10. The normalized spacial score (nSPS) is 11.4. The maximum Gasteiger partial charge on any atom is 0.279 e. The molecule has 2 rings (SSSR count). The van der Waals surface area contributed by atoms with Crippen molar-refractivity contribution in [1.82, 2.24) is 0 Å². The van der Waals surface area contributed by atoms with E-state index in [0.717, 1.165) is 4.90 Å². The highest BCUT2D eigenvalue weighted by atomic mass is 16.5.